The molecule has 1 rings (SSSR count). The number of carbonyl (C=O) groups is 1. The second-order valence-electron chi connectivity index (χ2n) is 3.64. The molecule has 0 saturated carbocycles. The standard InChI is InChI=1S/C10H9F5N2O2/c1-17(4-7(11)12)8-5(9(18)19)2-3-6(16-8)10(13,14)15/h2-3,7H,4H2,1H3,(H,18,19). The SMILES string of the molecule is CN(CC(F)F)c1nc(C(F)(F)F)ccc1C(=O)O. The first-order chi connectivity index (χ1) is 8.62. The summed E-state index contributed by atoms with van der Waals surface area (Å²) >= 11 is 0. The number of aromatic carboxylic acids is 1. The highest BCUT2D eigenvalue weighted by molar-refractivity contribution is 5.93. The molecule has 0 bridgehead atoms. The summed E-state index contributed by atoms with van der Waals surface area (Å²) in [6.45, 7) is -0.922. The van der Waals surface area contributed by atoms with Crippen LogP contribution in [0.3, 0.4) is 0 Å². The minimum atomic E-state index is -4.78. The van der Waals surface area contributed by atoms with E-state index in [2.05, 4.69) is 4.98 Å². The molecule has 1 aromatic rings. The molecule has 0 fully saturated rings. The molecule has 0 radical (unpaired) electrons. The molecule has 19 heavy (non-hydrogen) atoms. The van der Waals surface area contributed by atoms with Crippen molar-refractivity contribution in [1.29, 1.82) is 0 Å². The smallest absolute Gasteiger partial charge is 0.433 e. The molecule has 0 saturated heterocycles. The Kier molecular flexibility index (Phi) is 4.28. The van der Waals surface area contributed by atoms with E-state index in [1.165, 1.54) is 0 Å². The van der Waals surface area contributed by atoms with Gasteiger partial charge in [0.2, 0.25) is 0 Å². The van der Waals surface area contributed by atoms with Crippen LogP contribution in [0.1, 0.15) is 16.1 Å². The third-order valence-electron chi connectivity index (χ3n) is 2.17. The number of aromatic nitrogens is 1. The van der Waals surface area contributed by atoms with E-state index in [0.717, 1.165) is 7.05 Å². The number of carboxylic acid groups (broad SMARTS) is 1. The van der Waals surface area contributed by atoms with Gasteiger partial charge in [0.15, 0.2) is 0 Å². The predicted molar refractivity (Wildman–Crippen MR) is 55.5 cm³/mol. The number of alkyl halides is 5. The minimum Gasteiger partial charge on any atom is -0.478 e. The number of halogens is 5. The van der Waals surface area contributed by atoms with Crippen LogP contribution in [-0.2, 0) is 6.18 Å². The first-order valence-corrected chi connectivity index (χ1v) is 4.93. The highest BCUT2D eigenvalue weighted by Crippen LogP contribution is 2.30. The largest absolute Gasteiger partial charge is 0.478 e. The van der Waals surface area contributed by atoms with E-state index in [-0.39, 0.29) is 0 Å². The molecule has 0 aliphatic carbocycles. The van der Waals surface area contributed by atoms with Crippen molar-refractivity contribution in [1.82, 2.24) is 4.98 Å². The van der Waals surface area contributed by atoms with Crippen molar-refractivity contribution in [3.8, 4) is 0 Å². The van der Waals surface area contributed by atoms with E-state index in [1.807, 2.05) is 0 Å². The summed E-state index contributed by atoms with van der Waals surface area (Å²) in [5.74, 6) is -2.19. The van der Waals surface area contributed by atoms with Crippen LogP contribution in [-0.4, -0.2) is 36.1 Å². The highest BCUT2D eigenvalue weighted by Gasteiger charge is 2.34. The molecular weight excluding hydrogens is 275 g/mol. The van der Waals surface area contributed by atoms with E-state index in [0.29, 0.717) is 17.0 Å². The summed E-state index contributed by atoms with van der Waals surface area (Å²) < 4.78 is 61.7. The molecular formula is C10H9F5N2O2. The van der Waals surface area contributed by atoms with Crippen LogP contribution in [0.25, 0.3) is 0 Å². The van der Waals surface area contributed by atoms with Crippen LogP contribution in [0.5, 0.6) is 0 Å². The third-order valence-corrected chi connectivity index (χ3v) is 2.17. The zero-order chi connectivity index (χ0) is 14.8. The fraction of sp³-hybridized carbons (Fsp3) is 0.400. The number of hydrogen-bond donors (Lipinski definition) is 1. The van der Waals surface area contributed by atoms with Crippen molar-refractivity contribution in [2.45, 2.75) is 12.6 Å². The zero-order valence-corrected chi connectivity index (χ0v) is 9.58. The molecule has 0 aliphatic heterocycles. The quantitative estimate of drug-likeness (QED) is 0.863. The normalized spacial score (nSPS) is 11.7. The van der Waals surface area contributed by atoms with E-state index in [1.54, 1.807) is 0 Å². The lowest BCUT2D eigenvalue weighted by Crippen LogP contribution is -2.28. The van der Waals surface area contributed by atoms with Crippen LogP contribution in [0, 0.1) is 0 Å². The molecule has 0 unspecified atom stereocenters. The average Bonchev–Trinajstić information content (AvgIpc) is 2.25. The van der Waals surface area contributed by atoms with E-state index >= 15 is 0 Å². The van der Waals surface area contributed by atoms with Gasteiger partial charge in [0.25, 0.3) is 6.43 Å². The lowest BCUT2D eigenvalue weighted by atomic mass is 10.2. The molecule has 106 valence electrons. The van der Waals surface area contributed by atoms with Crippen molar-refractivity contribution in [2.75, 3.05) is 18.5 Å². The predicted octanol–water partition coefficient (Wildman–Crippen LogP) is 2.50. The van der Waals surface area contributed by atoms with Gasteiger partial charge in [-0.25, -0.2) is 18.6 Å². The van der Waals surface area contributed by atoms with Crippen LogP contribution >= 0.6 is 0 Å². The summed E-state index contributed by atoms with van der Waals surface area (Å²) in [4.78, 5) is 14.6. The van der Waals surface area contributed by atoms with Crippen LogP contribution < -0.4 is 4.90 Å². The second kappa shape index (κ2) is 5.37. The van der Waals surface area contributed by atoms with Crippen LogP contribution in [0.4, 0.5) is 27.8 Å². The Bertz CT molecular complexity index is 475. The van der Waals surface area contributed by atoms with E-state index < -0.39 is 42.2 Å². The van der Waals surface area contributed by atoms with Gasteiger partial charge in [0.1, 0.15) is 17.1 Å². The lowest BCUT2D eigenvalue weighted by molar-refractivity contribution is -0.141. The van der Waals surface area contributed by atoms with Gasteiger partial charge < -0.3 is 10.0 Å². The summed E-state index contributed by atoms with van der Waals surface area (Å²) in [7, 11) is 1.04. The first kappa shape index (κ1) is 15.1. The summed E-state index contributed by atoms with van der Waals surface area (Å²) in [5.41, 5.74) is -1.91. The fourth-order valence-electron chi connectivity index (χ4n) is 1.36. The number of hydrogen-bond acceptors (Lipinski definition) is 3. The van der Waals surface area contributed by atoms with Gasteiger partial charge in [0, 0.05) is 7.05 Å². The zero-order valence-electron chi connectivity index (χ0n) is 9.58. The van der Waals surface area contributed by atoms with Crippen molar-refractivity contribution in [3.05, 3.63) is 23.4 Å². The molecule has 0 spiro atoms. The maximum absolute atomic E-state index is 12.5. The van der Waals surface area contributed by atoms with Crippen molar-refractivity contribution in [3.63, 3.8) is 0 Å². The topological polar surface area (TPSA) is 53.4 Å². The Morgan fingerprint density at radius 3 is 2.42 bits per heavy atom. The number of pyridine rings is 1. The molecule has 1 N–H and O–H groups in total. The summed E-state index contributed by atoms with van der Waals surface area (Å²) in [5, 5.41) is 8.81. The maximum atomic E-state index is 12.5. The van der Waals surface area contributed by atoms with Gasteiger partial charge in [-0.1, -0.05) is 0 Å². The van der Waals surface area contributed by atoms with Crippen molar-refractivity contribution < 1.29 is 31.9 Å². The van der Waals surface area contributed by atoms with Gasteiger partial charge >= 0.3 is 12.1 Å². The summed E-state index contributed by atoms with van der Waals surface area (Å²) in [6, 6.07) is 1.18. The van der Waals surface area contributed by atoms with E-state index in [4.69, 9.17) is 5.11 Å². The lowest BCUT2D eigenvalue weighted by Gasteiger charge is -2.20. The van der Waals surface area contributed by atoms with Crippen molar-refractivity contribution in [2.24, 2.45) is 0 Å². The van der Waals surface area contributed by atoms with Gasteiger partial charge in [-0.3, -0.25) is 0 Å². The summed E-state index contributed by atoms with van der Waals surface area (Å²) in [6.07, 6.45) is -7.61. The molecule has 1 heterocycles. The Morgan fingerprint density at radius 1 is 1.42 bits per heavy atom. The highest BCUT2D eigenvalue weighted by atomic mass is 19.4. The molecule has 0 amide bonds. The number of rotatable bonds is 4. The molecule has 0 aliphatic rings. The van der Waals surface area contributed by atoms with Crippen LogP contribution in [0.2, 0.25) is 0 Å². The van der Waals surface area contributed by atoms with Crippen LogP contribution in [0.15, 0.2) is 12.1 Å². The Hall–Kier alpha value is -1.93. The monoisotopic (exact) mass is 284 g/mol. The van der Waals surface area contributed by atoms with Gasteiger partial charge in [-0.15, -0.1) is 0 Å². The van der Waals surface area contributed by atoms with Crippen molar-refractivity contribution >= 4 is 11.8 Å². The Morgan fingerprint density at radius 2 is 2.00 bits per heavy atom. The van der Waals surface area contributed by atoms with Gasteiger partial charge in [-0.2, -0.15) is 13.2 Å². The van der Waals surface area contributed by atoms with E-state index in [9.17, 15) is 26.7 Å². The molecule has 9 heteroatoms. The molecule has 0 atom stereocenters. The third kappa shape index (κ3) is 3.76. The number of anilines is 1. The average molecular weight is 284 g/mol. The maximum Gasteiger partial charge on any atom is 0.433 e. The minimum absolute atomic E-state index is 0.489. The Balaban J connectivity index is 3.27. The van der Waals surface area contributed by atoms with Gasteiger partial charge in [-0.05, 0) is 12.1 Å². The number of nitrogens with zero attached hydrogens (tertiary/aromatic N) is 2. The van der Waals surface area contributed by atoms with Gasteiger partial charge in [0.05, 0.1) is 6.54 Å². The number of carboxylic acids is 1. The molecule has 4 nitrogen and oxygen atoms in total. The molecule has 1 aromatic heterocycles. The first-order valence-electron chi connectivity index (χ1n) is 4.93. The Labute approximate surface area is 104 Å². The molecule has 0 aromatic carbocycles. The fourth-order valence-corrected chi connectivity index (χ4v) is 1.36. The second-order valence-corrected chi connectivity index (χ2v) is 3.64.